The number of ether oxygens (including phenoxy) is 1. The van der Waals surface area contributed by atoms with E-state index in [0.717, 1.165) is 26.1 Å². The average molecular weight is 297 g/mol. The third-order valence-corrected chi connectivity index (χ3v) is 3.99. The second kappa shape index (κ2) is 9.39. The Bertz CT molecular complexity index is 508. The Morgan fingerprint density at radius 2 is 1.36 bits per heavy atom. The van der Waals surface area contributed by atoms with E-state index in [1.807, 2.05) is 6.07 Å². The maximum atomic E-state index is 6.22. The van der Waals surface area contributed by atoms with Crippen LogP contribution in [0.5, 0.6) is 0 Å². The first-order valence-corrected chi connectivity index (χ1v) is 8.23. The Hall–Kier alpha value is -1.64. The van der Waals surface area contributed by atoms with E-state index in [-0.39, 0.29) is 6.10 Å². The Labute approximate surface area is 134 Å². The van der Waals surface area contributed by atoms with Crippen molar-refractivity contribution in [1.82, 2.24) is 4.90 Å². The van der Waals surface area contributed by atoms with Gasteiger partial charge in [-0.3, -0.25) is 0 Å². The Kier molecular flexibility index (Phi) is 7.14. The SMILES string of the molecule is CCN(CC)C[C@H](Cc1ccccc1)OCc1ccccc1. The van der Waals surface area contributed by atoms with Gasteiger partial charge in [0.2, 0.25) is 0 Å². The quantitative estimate of drug-likeness (QED) is 0.689. The van der Waals surface area contributed by atoms with Gasteiger partial charge in [0.25, 0.3) is 0 Å². The molecule has 0 aliphatic rings. The molecule has 0 saturated heterocycles. The highest BCUT2D eigenvalue weighted by Crippen LogP contribution is 2.11. The largest absolute Gasteiger partial charge is 0.372 e. The minimum atomic E-state index is 0.225. The van der Waals surface area contributed by atoms with Gasteiger partial charge in [-0.2, -0.15) is 0 Å². The van der Waals surface area contributed by atoms with Crippen LogP contribution in [0.25, 0.3) is 0 Å². The van der Waals surface area contributed by atoms with Gasteiger partial charge in [0, 0.05) is 6.54 Å². The van der Waals surface area contributed by atoms with Crippen molar-refractivity contribution in [2.45, 2.75) is 33.0 Å². The van der Waals surface area contributed by atoms with Gasteiger partial charge in [-0.05, 0) is 30.6 Å². The van der Waals surface area contributed by atoms with Crippen LogP contribution in [0.15, 0.2) is 60.7 Å². The summed E-state index contributed by atoms with van der Waals surface area (Å²) in [5.41, 5.74) is 2.58. The fourth-order valence-electron chi connectivity index (χ4n) is 2.61. The Morgan fingerprint density at radius 1 is 0.818 bits per heavy atom. The number of nitrogens with zero attached hydrogens (tertiary/aromatic N) is 1. The zero-order valence-corrected chi connectivity index (χ0v) is 13.7. The van der Waals surface area contributed by atoms with Crippen LogP contribution >= 0.6 is 0 Å². The lowest BCUT2D eigenvalue weighted by Crippen LogP contribution is -2.35. The molecule has 0 aromatic heterocycles. The van der Waals surface area contributed by atoms with Gasteiger partial charge < -0.3 is 9.64 Å². The molecule has 2 nitrogen and oxygen atoms in total. The topological polar surface area (TPSA) is 12.5 Å². The van der Waals surface area contributed by atoms with Crippen molar-refractivity contribution >= 4 is 0 Å². The maximum absolute atomic E-state index is 6.22. The zero-order chi connectivity index (χ0) is 15.6. The van der Waals surface area contributed by atoms with Gasteiger partial charge in [0.15, 0.2) is 0 Å². The van der Waals surface area contributed by atoms with Crippen LogP contribution < -0.4 is 0 Å². The molecule has 0 fully saturated rings. The highest BCUT2D eigenvalue weighted by Gasteiger charge is 2.14. The van der Waals surface area contributed by atoms with Crippen LogP contribution in [0, 0.1) is 0 Å². The molecular weight excluding hydrogens is 270 g/mol. The van der Waals surface area contributed by atoms with Crippen LogP contribution in [0.2, 0.25) is 0 Å². The van der Waals surface area contributed by atoms with E-state index >= 15 is 0 Å². The normalized spacial score (nSPS) is 12.5. The highest BCUT2D eigenvalue weighted by atomic mass is 16.5. The molecule has 22 heavy (non-hydrogen) atoms. The average Bonchev–Trinajstić information content (AvgIpc) is 2.59. The first kappa shape index (κ1) is 16.7. The van der Waals surface area contributed by atoms with Crippen molar-refractivity contribution in [2.75, 3.05) is 19.6 Å². The van der Waals surface area contributed by atoms with Crippen molar-refractivity contribution in [3.8, 4) is 0 Å². The van der Waals surface area contributed by atoms with E-state index in [1.165, 1.54) is 11.1 Å². The van der Waals surface area contributed by atoms with Crippen molar-refractivity contribution in [3.05, 3.63) is 71.8 Å². The first-order valence-electron chi connectivity index (χ1n) is 8.23. The molecular formula is C20H27NO. The molecule has 0 aliphatic carbocycles. The monoisotopic (exact) mass is 297 g/mol. The lowest BCUT2D eigenvalue weighted by Gasteiger charge is -2.26. The number of hydrogen-bond acceptors (Lipinski definition) is 2. The van der Waals surface area contributed by atoms with Gasteiger partial charge in [-0.15, -0.1) is 0 Å². The summed E-state index contributed by atoms with van der Waals surface area (Å²) in [6.45, 7) is 8.21. The van der Waals surface area contributed by atoms with E-state index in [1.54, 1.807) is 0 Å². The molecule has 0 N–H and O–H groups in total. The van der Waals surface area contributed by atoms with Crippen molar-refractivity contribution in [1.29, 1.82) is 0 Å². The number of likely N-dealkylation sites (N-methyl/N-ethyl adjacent to an activating group) is 1. The molecule has 0 radical (unpaired) electrons. The molecule has 2 aromatic rings. The standard InChI is InChI=1S/C20H27NO/c1-3-21(4-2)16-20(15-18-11-7-5-8-12-18)22-17-19-13-9-6-10-14-19/h5-14,20H,3-4,15-17H2,1-2H3/t20-/m0/s1. The van der Waals surface area contributed by atoms with Crippen LogP contribution in [-0.2, 0) is 17.8 Å². The van der Waals surface area contributed by atoms with E-state index in [2.05, 4.69) is 73.3 Å². The van der Waals surface area contributed by atoms with Crippen molar-refractivity contribution in [3.63, 3.8) is 0 Å². The van der Waals surface area contributed by atoms with Gasteiger partial charge in [-0.1, -0.05) is 74.5 Å². The summed E-state index contributed by atoms with van der Waals surface area (Å²) in [6.07, 6.45) is 1.19. The lowest BCUT2D eigenvalue weighted by atomic mass is 10.1. The summed E-state index contributed by atoms with van der Waals surface area (Å²) in [6, 6.07) is 21.0. The molecule has 0 spiro atoms. The maximum Gasteiger partial charge on any atom is 0.0746 e. The lowest BCUT2D eigenvalue weighted by molar-refractivity contribution is 0.0174. The first-order chi connectivity index (χ1) is 10.8. The predicted molar refractivity (Wildman–Crippen MR) is 93.0 cm³/mol. The van der Waals surface area contributed by atoms with E-state index in [4.69, 9.17) is 4.74 Å². The molecule has 0 bridgehead atoms. The summed E-state index contributed by atoms with van der Waals surface area (Å²) >= 11 is 0. The zero-order valence-electron chi connectivity index (χ0n) is 13.7. The van der Waals surface area contributed by atoms with E-state index in [0.29, 0.717) is 6.61 Å². The molecule has 2 aromatic carbocycles. The van der Waals surface area contributed by atoms with Crippen molar-refractivity contribution in [2.24, 2.45) is 0 Å². The number of rotatable bonds is 9. The highest BCUT2D eigenvalue weighted by molar-refractivity contribution is 5.16. The fraction of sp³-hybridized carbons (Fsp3) is 0.400. The number of hydrogen-bond donors (Lipinski definition) is 0. The molecule has 118 valence electrons. The molecule has 2 heteroatoms. The molecule has 0 saturated carbocycles. The predicted octanol–water partition coefficient (Wildman–Crippen LogP) is 4.16. The summed E-state index contributed by atoms with van der Waals surface area (Å²) < 4.78 is 6.22. The number of benzene rings is 2. The summed E-state index contributed by atoms with van der Waals surface area (Å²) in [4.78, 5) is 2.43. The minimum absolute atomic E-state index is 0.225. The third-order valence-electron chi connectivity index (χ3n) is 3.99. The molecule has 0 unspecified atom stereocenters. The van der Waals surface area contributed by atoms with Crippen LogP contribution in [0.3, 0.4) is 0 Å². The van der Waals surface area contributed by atoms with E-state index < -0.39 is 0 Å². The molecule has 2 rings (SSSR count). The van der Waals surface area contributed by atoms with Gasteiger partial charge >= 0.3 is 0 Å². The molecule has 0 aliphatic heterocycles. The van der Waals surface area contributed by atoms with Crippen LogP contribution in [-0.4, -0.2) is 30.6 Å². The smallest absolute Gasteiger partial charge is 0.0746 e. The van der Waals surface area contributed by atoms with Crippen molar-refractivity contribution < 1.29 is 4.74 Å². The molecule has 1 atom stereocenters. The second-order valence-corrected chi connectivity index (χ2v) is 5.59. The van der Waals surface area contributed by atoms with Crippen LogP contribution in [0.4, 0.5) is 0 Å². The second-order valence-electron chi connectivity index (χ2n) is 5.59. The minimum Gasteiger partial charge on any atom is -0.372 e. The van der Waals surface area contributed by atoms with Gasteiger partial charge in [0.1, 0.15) is 0 Å². The van der Waals surface area contributed by atoms with Gasteiger partial charge in [0.05, 0.1) is 12.7 Å². The summed E-state index contributed by atoms with van der Waals surface area (Å²) in [5.74, 6) is 0. The van der Waals surface area contributed by atoms with Crippen LogP contribution in [0.1, 0.15) is 25.0 Å². The fourth-order valence-corrected chi connectivity index (χ4v) is 2.61. The van der Waals surface area contributed by atoms with Gasteiger partial charge in [-0.25, -0.2) is 0 Å². The molecule has 0 amide bonds. The Balaban J connectivity index is 1.97. The molecule has 0 heterocycles. The summed E-state index contributed by atoms with van der Waals surface area (Å²) in [5, 5.41) is 0. The Morgan fingerprint density at radius 3 is 1.91 bits per heavy atom. The summed E-state index contributed by atoms with van der Waals surface area (Å²) in [7, 11) is 0. The third kappa shape index (κ3) is 5.63. The van der Waals surface area contributed by atoms with E-state index in [9.17, 15) is 0 Å².